The highest BCUT2D eigenvalue weighted by molar-refractivity contribution is 5.77. The Morgan fingerprint density at radius 1 is 1.25 bits per heavy atom. The topological polar surface area (TPSA) is 55.2 Å². The summed E-state index contributed by atoms with van der Waals surface area (Å²) in [7, 11) is 0. The van der Waals surface area contributed by atoms with Gasteiger partial charge in [-0.05, 0) is 24.8 Å². The van der Waals surface area contributed by atoms with E-state index < -0.39 is 0 Å². The molecule has 1 aliphatic carbocycles. The second-order valence-electron chi connectivity index (χ2n) is 6.06. The van der Waals surface area contributed by atoms with E-state index >= 15 is 0 Å². The fraction of sp³-hybridized carbons (Fsp3) is 0.667. The molecule has 5 nitrogen and oxygen atoms in total. The average Bonchev–Trinajstić information content (AvgIpc) is 2.88. The molecular formula is C15H21N3O2. The van der Waals surface area contributed by atoms with Crippen molar-refractivity contribution in [3.8, 4) is 0 Å². The van der Waals surface area contributed by atoms with E-state index in [1.54, 1.807) is 12.3 Å². The van der Waals surface area contributed by atoms with Crippen LogP contribution in [0.5, 0.6) is 0 Å². The van der Waals surface area contributed by atoms with Crippen molar-refractivity contribution in [2.45, 2.75) is 38.6 Å². The Balaban J connectivity index is 1.45. The first-order valence-electron chi connectivity index (χ1n) is 7.52. The molecule has 0 aromatic carbocycles. The molecule has 1 saturated heterocycles. The molecule has 2 fully saturated rings. The van der Waals surface area contributed by atoms with Gasteiger partial charge in [0.25, 0.3) is 5.56 Å². The summed E-state index contributed by atoms with van der Waals surface area (Å²) in [5.74, 6) is 1.27. The van der Waals surface area contributed by atoms with Gasteiger partial charge < -0.3 is 4.90 Å². The first-order chi connectivity index (χ1) is 9.72. The monoisotopic (exact) mass is 275 g/mol. The molecule has 0 unspecified atom stereocenters. The van der Waals surface area contributed by atoms with Crippen LogP contribution in [0.1, 0.15) is 32.1 Å². The van der Waals surface area contributed by atoms with Gasteiger partial charge >= 0.3 is 0 Å². The Morgan fingerprint density at radius 2 is 2.00 bits per heavy atom. The highest BCUT2D eigenvalue weighted by atomic mass is 16.2. The summed E-state index contributed by atoms with van der Waals surface area (Å²) < 4.78 is 1.49. The molecule has 0 atom stereocenters. The van der Waals surface area contributed by atoms with E-state index in [2.05, 4.69) is 5.10 Å². The molecule has 1 aromatic heterocycles. The summed E-state index contributed by atoms with van der Waals surface area (Å²) in [6, 6.07) is 3.17. The van der Waals surface area contributed by atoms with Gasteiger partial charge in [0.1, 0.15) is 0 Å². The van der Waals surface area contributed by atoms with Gasteiger partial charge in [-0.25, -0.2) is 4.68 Å². The summed E-state index contributed by atoms with van der Waals surface area (Å²) in [6.45, 7) is 2.16. The third-order valence-corrected chi connectivity index (χ3v) is 4.46. The molecular weight excluding hydrogens is 254 g/mol. The Bertz CT molecular complexity index is 528. The molecule has 20 heavy (non-hydrogen) atoms. The van der Waals surface area contributed by atoms with Gasteiger partial charge in [-0.15, -0.1) is 0 Å². The molecule has 1 saturated carbocycles. The van der Waals surface area contributed by atoms with Gasteiger partial charge in [0, 0.05) is 37.7 Å². The largest absolute Gasteiger partial charge is 0.342 e. The summed E-state index contributed by atoms with van der Waals surface area (Å²) in [5, 5.41) is 4.05. The molecule has 2 aliphatic rings. The zero-order valence-electron chi connectivity index (χ0n) is 11.7. The minimum atomic E-state index is -0.0665. The van der Waals surface area contributed by atoms with Crippen LogP contribution in [0.3, 0.4) is 0 Å². The summed E-state index contributed by atoms with van der Waals surface area (Å²) >= 11 is 0. The molecule has 0 spiro atoms. The standard InChI is InChI=1S/C15H21N3O2/c19-14-6-3-7-16-18(14)11-13-9-17(10-13)15(20)8-12-4-1-2-5-12/h3,6-7,12-13H,1-2,4-5,8-11H2. The lowest BCUT2D eigenvalue weighted by Gasteiger charge is -2.39. The van der Waals surface area contributed by atoms with Crippen LogP contribution in [0.15, 0.2) is 23.1 Å². The van der Waals surface area contributed by atoms with Crippen LogP contribution in [0.25, 0.3) is 0 Å². The van der Waals surface area contributed by atoms with Gasteiger partial charge in [-0.1, -0.05) is 12.8 Å². The SMILES string of the molecule is O=C(CC1CCCC1)N1CC(Cn2ncccc2=O)C1. The lowest BCUT2D eigenvalue weighted by molar-refractivity contribution is -0.138. The first-order valence-corrected chi connectivity index (χ1v) is 7.52. The van der Waals surface area contributed by atoms with E-state index in [0.29, 0.717) is 24.3 Å². The molecule has 5 heteroatoms. The lowest BCUT2D eigenvalue weighted by Crippen LogP contribution is -2.52. The maximum atomic E-state index is 12.1. The maximum Gasteiger partial charge on any atom is 0.266 e. The smallest absolute Gasteiger partial charge is 0.266 e. The highest BCUT2D eigenvalue weighted by Crippen LogP contribution is 2.29. The number of aromatic nitrogens is 2. The van der Waals surface area contributed by atoms with Crippen molar-refractivity contribution in [3.63, 3.8) is 0 Å². The molecule has 3 rings (SSSR count). The number of nitrogens with zero attached hydrogens (tertiary/aromatic N) is 3. The van der Waals surface area contributed by atoms with E-state index in [-0.39, 0.29) is 5.56 Å². The summed E-state index contributed by atoms with van der Waals surface area (Å²) in [5.41, 5.74) is -0.0665. The lowest BCUT2D eigenvalue weighted by atomic mass is 9.97. The van der Waals surface area contributed by atoms with Crippen LogP contribution >= 0.6 is 0 Å². The number of rotatable bonds is 4. The first kappa shape index (κ1) is 13.3. The number of hydrogen-bond acceptors (Lipinski definition) is 3. The number of carbonyl (C=O) groups excluding carboxylic acids is 1. The predicted molar refractivity (Wildman–Crippen MR) is 75.1 cm³/mol. The molecule has 108 valence electrons. The van der Waals surface area contributed by atoms with Crippen molar-refractivity contribution >= 4 is 5.91 Å². The fourth-order valence-electron chi connectivity index (χ4n) is 3.25. The van der Waals surface area contributed by atoms with Crippen LogP contribution in [0, 0.1) is 11.8 Å². The number of hydrogen-bond donors (Lipinski definition) is 0. The van der Waals surface area contributed by atoms with Crippen LogP contribution in [-0.2, 0) is 11.3 Å². The summed E-state index contributed by atoms with van der Waals surface area (Å²) in [4.78, 5) is 25.6. The average molecular weight is 275 g/mol. The third-order valence-electron chi connectivity index (χ3n) is 4.46. The predicted octanol–water partition coefficient (Wildman–Crippen LogP) is 1.28. The zero-order chi connectivity index (χ0) is 13.9. The van der Waals surface area contributed by atoms with Gasteiger partial charge in [-0.3, -0.25) is 9.59 Å². The van der Waals surface area contributed by atoms with Crippen molar-refractivity contribution in [2.24, 2.45) is 11.8 Å². The number of carbonyl (C=O) groups is 1. The molecule has 0 radical (unpaired) electrons. The Labute approximate surface area is 118 Å². The van der Waals surface area contributed by atoms with E-state index in [0.717, 1.165) is 19.5 Å². The summed E-state index contributed by atoms with van der Waals surface area (Å²) in [6.07, 6.45) is 7.34. The molecule has 1 amide bonds. The van der Waals surface area contributed by atoms with Crippen LogP contribution < -0.4 is 5.56 Å². The molecule has 0 bridgehead atoms. The van der Waals surface area contributed by atoms with Gasteiger partial charge in [-0.2, -0.15) is 5.10 Å². The molecule has 1 aliphatic heterocycles. The van der Waals surface area contributed by atoms with Crippen LogP contribution in [-0.4, -0.2) is 33.7 Å². The molecule has 2 heterocycles. The normalized spacial score (nSPS) is 20.1. The van der Waals surface area contributed by atoms with Crippen molar-refractivity contribution < 1.29 is 4.79 Å². The highest BCUT2D eigenvalue weighted by Gasteiger charge is 2.32. The van der Waals surface area contributed by atoms with Crippen molar-refractivity contribution in [1.29, 1.82) is 0 Å². The minimum Gasteiger partial charge on any atom is -0.342 e. The second kappa shape index (κ2) is 5.77. The van der Waals surface area contributed by atoms with E-state index in [9.17, 15) is 9.59 Å². The van der Waals surface area contributed by atoms with Crippen LogP contribution in [0.2, 0.25) is 0 Å². The second-order valence-corrected chi connectivity index (χ2v) is 6.06. The Hall–Kier alpha value is -1.65. The van der Waals surface area contributed by atoms with Crippen molar-refractivity contribution in [1.82, 2.24) is 14.7 Å². The third kappa shape index (κ3) is 2.92. The van der Waals surface area contributed by atoms with Crippen molar-refractivity contribution in [3.05, 3.63) is 28.7 Å². The number of amides is 1. The van der Waals surface area contributed by atoms with Gasteiger partial charge in [0.05, 0.1) is 6.54 Å². The van der Waals surface area contributed by atoms with E-state index in [1.165, 1.54) is 36.4 Å². The molecule has 1 aromatic rings. The number of likely N-dealkylation sites (tertiary alicyclic amines) is 1. The molecule has 0 N–H and O–H groups in total. The quantitative estimate of drug-likeness (QED) is 0.832. The maximum absolute atomic E-state index is 12.1. The Kier molecular flexibility index (Phi) is 3.85. The Morgan fingerprint density at radius 3 is 2.70 bits per heavy atom. The van der Waals surface area contributed by atoms with Crippen molar-refractivity contribution in [2.75, 3.05) is 13.1 Å². The van der Waals surface area contributed by atoms with E-state index in [1.807, 2.05) is 4.90 Å². The minimum absolute atomic E-state index is 0.0665. The zero-order valence-corrected chi connectivity index (χ0v) is 11.7. The van der Waals surface area contributed by atoms with Crippen LogP contribution in [0.4, 0.5) is 0 Å². The van der Waals surface area contributed by atoms with E-state index in [4.69, 9.17) is 0 Å². The fourth-order valence-corrected chi connectivity index (χ4v) is 3.25. The van der Waals surface area contributed by atoms with Gasteiger partial charge in [0.2, 0.25) is 5.91 Å². The van der Waals surface area contributed by atoms with Gasteiger partial charge in [0.15, 0.2) is 0 Å².